The highest BCUT2D eigenvalue weighted by atomic mass is 16.5. The van der Waals surface area contributed by atoms with Gasteiger partial charge in [-0.2, -0.15) is 10.1 Å². The lowest BCUT2D eigenvalue weighted by molar-refractivity contribution is 0.340. The van der Waals surface area contributed by atoms with Crippen molar-refractivity contribution in [1.29, 1.82) is 0 Å². The van der Waals surface area contributed by atoms with Gasteiger partial charge in [0.1, 0.15) is 5.75 Å². The molecule has 0 bridgehead atoms. The molecule has 0 saturated heterocycles. The summed E-state index contributed by atoms with van der Waals surface area (Å²) in [7, 11) is 0. The van der Waals surface area contributed by atoms with Crippen LogP contribution in [0.25, 0.3) is 22.3 Å². The van der Waals surface area contributed by atoms with Crippen LogP contribution in [-0.4, -0.2) is 33.3 Å². The Morgan fingerprint density at radius 3 is 2.67 bits per heavy atom. The average molecular weight is 283 g/mol. The van der Waals surface area contributed by atoms with Crippen molar-refractivity contribution in [3.63, 3.8) is 0 Å². The van der Waals surface area contributed by atoms with Crippen LogP contribution >= 0.6 is 0 Å². The fourth-order valence-electron chi connectivity index (χ4n) is 2.17. The van der Waals surface area contributed by atoms with Crippen LogP contribution in [0.5, 0.6) is 5.75 Å². The van der Waals surface area contributed by atoms with E-state index in [9.17, 15) is 0 Å². The Bertz CT molecular complexity index is 735. The van der Waals surface area contributed by atoms with E-state index in [1.807, 2.05) is 38.1 Å². The molecule has 0 aliphatic carbocycles. The topological polar surface area (TPSA) is 75.7 Å². The van der Waals surface area contributed by atoms with Gasteiger partial charge in [-0.15, -0.1) is 0 Å². The van der Waals surface area contributed by atoms with E-state index in [-0.39, 0.29) is 0 Å². The lowest BCUT2D eigenvalue weighted by atomic mass is 10.1. The number of benzene rings is 1. The maximum Gasteiger partial charge on any atom is 0.225 e. The van der Waals surface area contributed by atoms with Gasteiger partial charge in [-0.05, 0) is 38.1 Å². The van der Waals surface area contributed by atoms with Crippen LogP contribution in [0.3, 0.4) is 0 Å². The van der Waals surface area contributed by atoms with Gasteiger partial charge in [-0.3, -0.25) is 5.10 Å². The molecule has 2 heterocycles. The second-order valence-corrected chi connectivity index (χ2v) is 4.52. The molecule has 0 saturated carbocycles. The highest BCUT2D eigenvalue weighted by Crippen LogP contribution is 2.27. The number of nitrogens with one attached hydrogen (secondary N) is 2. The molecule has 0 unspecified atom stereocenters. The van der Waals surface area contributed by atoms with Gasteiger partial charge in [0.2, 0.25) is 5.95 Å². The summed E-state index contributed by atoms with van der Waals surface area (Å²) in [4.78, 5) is 8.98. The minimum atomic E-state index is 0.595. The molecule has 0 radical (unpaired) electrons. The van der Waals surface area contributed by atoms with Gasteiger partial charge < -0.3 is 10.1 Å². The number of anilines is 1. The monoisotopic (exact) mass is 283 g/mol. The van der Waals surface area contributed by atoms with Gasteiger partial charge in [0.05, 0.1) is 23.9 Å². The fraction of sp³-hybridized carbons (Fsp3) is 0.267. The summed E-state index contributed by atoms with van der Waals surface area (Å²) in [5, 5.41) is 11.0. The average Bonchev–Trinajstić information content (AvgIpc) is 2.96. The normalized spacial score (nSPS) is 10.8. The zero-order valence-corrected chi connectivity index (χ0v) is 12.1. The maximum atomic E-state index is 5.47. The van der Waals surface area contributed by atoms with Gasteiger partial charge in [0, 0.05) is 12.1 Å². The van der Waals surface area contributed by atoms with Gasteiger partial charge in [-0.25, -0.2) is 4.98 Å². The molecule has 6 nitrogen and oxygen atoms in total. The first-order chi connectivity index (χ1) is 10.3. The molecule has 0 aliphatic heterocycles. The standard InChI is InChI=1S/C15H17N5O/c1-3-16-15-18-13(12-9-17-20-14(12)19-15)10-5-7-11(8-6-10)21-4-2/h5-9H,3-4H2,1-2H3,(H2,16,17,18,19,20). The third kappa shape index (κ3) is 2.65. The zero-order chi connectivity index (χ0) is 14.7. The maximum absolute atomic E-state index is 5.47. The lowest BCUT2D eigenvalue weighted by Crippen LogP contribution is -2.03. The van der Waals surface area contributed by atoms with E-state index >= 15 is 0 Å². The van der Waals surface area contributed by atoms with Gasteiger partial charge >= 0.3 is 0 Å². The summed E-state index contributed by atoms with van der Waals surface area (Å²) in [6.07, 6.45) is 1.75. The first-order valence-electron chi connectivity index (χ1n) is 7.00. The van der Waals surface area contributed by atoms with Crippen LogP contribution < -0.4 is 10.1 Å². The van der Waals surface area contributed by atoms with Crippen molar-refractivity contribution in [2.75, 3.05) is 18.5 Å². The molecule has 1 aromatic carbocycles. The van der Waals surface area contributed by atoms with Crippen molar-refractivity contribution in [3.8, 4) is 17.0 Å². The second-order valence-electron chi connectivity index (χ2n) is 4.52. The number of fused-ring (bicyclic) bond motifs is 1. The van der Waals surface area contributed by atoms with Crippen molar-refractivity contribution in [2.45, 2.75) is 13.8 Å². The molecule has 2 aromatic heterocycles. The van der Waals surface area contributed by atoms with Crippen LogP contribution in [0.4, 0.5) is 5.95 Å². The van der Waals surface area contributed by atoms with E-state index in [4.69, 9.17) is 4.74 Å². The number of hydrogen-bond donors (Lipinski definition) is 2. The minimum absolute atomic E-state index is 0.595. The Hall–Kier alpha value is -2.63. The highest BCUT2D eigenvalue weighted by molar-refractivity contribution is 5.90. The number of ether oxygens (including phenoxy) is 1. The third-order valence-electron chi connectivity index (χ3n) is 3.08. The number of nitrogens with zero attached hydrogens (tertiary/aromatic N) is 3. The smallest absolute Gasteiger partial charge is 0.225 e. The molecule has 108 valence electrons. The van der Waals surface area contributed by atoms with Crippen molar-refractivity contribution in [2.24, 2.45) is 0 Å². The van der Waals surface area contributed by atoms with Gasteiger partial charge in [0.25, 0.3) is 0 Å². The molecule has 0 aliphatic rings. The molecule has 2 N–H and O–H groups in total. The molecule has 21 heavy (non-hydrogen) atoms. The van der Waals surface area contributed by atoms with Crippen LogP contribution in [0.15, 0.2) is 30.5 Å². The molecule has 0 atom stereocenters. The Kier molecular flexibility index (Phi) is 3.68. The van der Waals surface area contributed by atoms with Crippen molar-refractivity contribution in [1.82, 2.24) is 20.2 Å². The summed E-state index contributed by atoms with van der Waals surface area (Å²) in [5.41, 5.74) is 2.59. The van der Waals surface area contributed by atoms with E-state index in [1.54, 1.807) is 6.20 Å². The Balaban J connectivity index is 2.07. The van der Waals surface area contributed by atoms with Crippen LogP contribution in [0.1, 0.15) is 13.8 Å². The fourth-order valence-corrected chi connectivity index (χ4v) is 2.17. The molecule has 3 aromatic rings. The molecule has 0 fully saturated rings. The van der Waals surface area contributed by atoms with Crippen LogP contribution in [0, 0.1) is 0 Å². The minimum Gasteiger partial charge on any atom is -0.494 e. The van der Waals surface area contributed by atoms with E-state index in [2.05, 4.69) is 25.5 Å². The van der Waals surface area contributed by atoms with E-state index in [1.165, 1.54) is 0 Å². The number of aromatic nitrogens is 4. The molecular formula is C15H17N5O. The largest absolute Gasteiger partial charge is 0.494 e. The quantitative estimate of drug-likeness (QED) is 0.753. The van der Waals surface area contributed by atoms with Crippen LogP contribution in [-0.2, 0) is 0 Å². The summed E-state index contributed by atoms with van der Waals surface area (Å²) in [6, 6.07) is 7.88. The van der Waals surface area contributed by atoms with Crippen molar-refractivity contribution < 1.29 is 4.74 Å². The lowest BCUT2D eigenvalue weighted by Gasteiger charge is -2.08. The number of aromatic amines is 1. The first-order valence-corrected chi connectivity index (χ1v) is 7.00. The molecule has 6 heteroatoms. The molecule has 0 spiro atoms. The SMILES string of the molecule is CCNc1nc(-c2ccc(OCC)cc2)c2cn[nH]c2n1. The summed E-state index contributed by atoms with van der Waals surface area (Å²) >= 11 is 0. The van der Waals surface area contributed by atoms with E-state index in [0.717, 1.165) is 34.6 Å². The van der Waals surface area contributed by atoms with Gasteiger partial charge in [-0.1, -0.05) is 0 Å². The van der Waals surface area contributed by atoms with Crippen molar-refractivity contribution >= 4 is 17.0 Å². The van der Waals surface area contributed by atoms with E-state index < -0.39 is 0 Å². The predicted octanol–water partition coefficient (Wildman–Crippen LogP) is 2.85. The summed E-state index contributed by atoms with van der Waals surface area (Å²) < 4.78 is 5.47. The first kappa shape index (κ1) is 13.4. The predicted molar refractivity (Wildman–Crippen MR) is 82.5 cm³/mol. The van der Waals surface area contributed by atoms with Crippen LogP contribution in [0.2, 0.25) is 0 Å². The Labute approximate surface area is 122 Å². The Morgan fingerprint density at radius 1 is 1.14 bits per heavy atom. The Morgan fingerprint density at radius 2 is 1.95 bits per heavy atom. The molecular weight excluding hydrogens is 266 g/mol. The summed E-state index contributed by atoms with van der Waals surface area (Å²) in [6.45, 7) is 5.40. The third-order valence-corrected chi connectivity index (χ3v) is 3.08. The van der Waals surface area contributed by atoms with Crippen molar-refractivity contribution in [3.05, 3.63) is 30.5 Å². The molecule has 3 rings (SSSR count). The number of rotatable bonds is 5. The number of hydrogen-bond acceptors (Lipinski definition) is 5. The number of H-pyrrole nitrogens is 1. The summed E-state index contributed by atoms with van der Waals surface area (Å²) in [5.74, 6) is 1.45. The van der Waals surface area contributed by atoms with E-state index in [0.29, 0.717) is 12.6 Å². The molecule has 0 amide bonds. The highest BCUT2D eigenvalue weighted by Gasteiger charge is 2.11. The van der Waals surface area contributed by atoms with Gasteiger partial charge in [0.15, 0.2) is 5.65 Å². The zero-order valence-electron chi connectivity index (χ0n) is 12.1. The second kappa shape index (κ2) is 5.78.